The molecule has 0 radical (unpaired) electrons. The monoisotopic (exact) mass is 213 g/mol. The summed E-state index contributed by atoms with van der Waals surface area (Å²) in [6.45, 7) is 3.12. The molecule has 3 N–H and O–H groups in total. The van der Waals surface area contributed by atoms with E-state index in [4.69, 9.17) is 0 Å². The van der Waals surface area contributed by atoms with E-state index in [9.17, 15) is 0 Å². The summed E-state index contributed by atoms with van der Waals surface area (Å²) in [7, 11) is 0. The highest BCUT2D eigenvalue weighted by molar-refractivity contribution is 5.69. The van der Waals surface area contributed by atoms with Gasteiger partial charge in [0.2, 0.25) is 0 Å². The third kappa shape index (κ3) is 1.54. The highest BCUT2D eigenvalue weighted by Gasteiger charge is 2.10. The zero-order chi connectivity index (χ0) is 11.0. The molecule has 0 spiro atoms. The van der Waals surface area contributed by atoms with Crippen molar-refractivity contribution in [3.63, 3.8) is 0 Å². The fourth-order valence-corrected chi connectivity index (χ4v) is 2.11. The summed E-state index contributed by atoms with van der Waals surface area (Å²) in [5, 5.41) is 6.80. The molecule has 1 aliphatic heterocycles. The molecule has 82 valence electrons. The number of hydrogen-bond donors (Lipinski definition) is 3. The van der Waals surface area contributed by atoms with Gasteiger partial charge in [-0.3, -0.25) is 0 Å². The Hall–Kier alpha value is -1.90. The highest BCUT2D eigenvalue weighted by Crippen LogP contribution is 2.28. The lowest BCUT2D eigenvalue weighted by molar-refractivity contribution is 1.11. The summed E-state index contributed by atoms with van der Waals surface area (Å²) in [5.74, 6) is 0. The lowest BCUT2D eigenvalue weighted by Crippen LogP contribution is -1.93. The Morgan fingerprint density at radius 3 is 3.00 bits per heavy atom. The second kappa shape index (κ2) is 3.59. The summed E-state index contributed by atoms with van der Waals surface area (Å²) < 4.78 is 0. The van der Waals surface area contributed by atoms with Crippen molar-refractivity contribution in [2.45, 2.75) is 13.3 Å². The third-order valence-electron chi connectivity index (χ3n) is 3.05. The molecular weight excluding hydrogens is 198 g/mol. The van der Waals surface area contributed by atoms with E-state index >= 15 is 0 Å². The maximum Gasteiger partial charge on any atom is 0.0592 e. The van der Waals surface area contributed by atoms with Gasteiger partial charge in [0.15, 0.2) is 0 Å². The molecular formula is C13H15N3. The van der Waals surface area contributed by atoms with Crippen LogP contribution in [-0.4, -0.2) is 11.5 Å². The van der Waals surface area contributed by atoms with Crippen molar-refractivity contribution in [2.24, 2.45) is 0 Å². The van der Waals surface area contributed by atoms with Crippen molar-refractivity contribution in [3.8, 4) is 0 Å². The Morgan fingerprint density at radius 2 is 2.19 bits per heavy atom. The zero-order valence-corrected chi connectivity index (χ0v) is 9.30. The molecule has 1 aromatic heterocycles. The molecule has 1 aliphatic rings. The van der Waals surface area contributed by atoms with E-state index in [1.54, 1.807) is 0 Å². The number of hydrogen-bond acceptors (Lipinski definition) is 2. The van der Waals surface area contributed by atoms with Gasteiger partial charge in [0.05, 0.1) is 5.69 Å². The Labute approximate surface area is 94.9 Å². The standard InChI is InChI=1S/C13H15N3/c1-9-12(5-7-14-9)16-11-3-2-10-4-6-15-13(10)8-11/h2-3,5,7-8,14-16H,4,6H2,1H3. The van der Waals surface area contributed by atoms with Gasteiger partial charge in [-0.05, 0) is 37.1 Å². The van der Waals surface area contributed by atoms with Crippen molar-refractivity contribution < 1.29 is 0 Å². The van der Waals surface area contributed by atoms with Crippen LogP contribution in [-0.2, 0) is 6.42 Å². The topological polar surface area (TPSA) is 39.9 Å². The summed E-state index contributed by atoms with van der Waals surface area (Å²) in [4.78, 5) is 3.16. The molecule has 0 bridgehead atoms. The SMILES string of the molecule is Cc1[nH]ccc1Nc1ccc2c(c1)NCC2. The minimum absolute atomic E-state index is 1.06. The first kappa shape index (κ1) is 9.33. The van der Waals surface area contributed by atoms with E-state index < -0.39 is 0 Å². The van der Waals surface area contributed by atoms with Crippen LogP contribution < -0.4 is 10.6 Å². The Bertz CT molecular complexity index is 514. The minimum Gasteiger partial charge on any atom is -0.384 e. The normalized spacial score (nSPS) is 13.3. The van der Waals surface area contributed by atoms with Crippen LogP contribution in [0.1, 0.15) is 11.3 Å². The molecule has 0 amide bonds. The summed E-state index contributed by atoms with van der Waals surface area (Å²) in [6, 6.07) is 8.56. The number of nitrogens with one attached hydrogen (secondary N) is 3. The van der Waals surface area contributed by atoms with Gasteiger partial charge in [-0.1, -0.05) is 6.07 Å². The van der Waals surface area contributed by atoms with Gasteiger partial charge >= 0.3 is 0 Å². The molecule has 2 aromatic rings. The van der Waals surface area contributed by atoms with Crippen molar-refractivity contribution in [1.29, 1.82) is 0 Å². The second-order valence-electron chi connectivity index (χ2n) is 4.19. The predicted molar refractivity (Wildman–Crippen MR) is 67.4 cm³/mol. The predicted octanol–water partition coefficient (Wildman–Crippen LogP) is 3.03. The molecule has 16 heavy (non-hydrogen) atoms. The van der Waals surface area contributed by atoms with Gasteiger partial charge in [-0.2, -0.15) is 0 Å². The van der Waals surface area contributed by atoms with E-state index in [0.717, 1.165) is 30.0 Å². The molecule has 0 fully saturated rings. The quantitative estimate of drug-likeness (QED) is 0.717. The summed E-state index contributed by atoms with van der Waals surface area (Å²) in [5.41, 5.74) is 6.11. The van der Waals surface area contributed by atoms with Gasteiger partial charge in [0.1, 0.15) is 0 Å². The zero-order valence-electron chi connectivity index (χ0n) is 9.30. The van der Waals surface area contributed by atoms with Crippen molar-refractivity contribution in [2.75, 3.05) is 17.2 Å². The summed E-state index contributed by atoms with van der Waals surface area (Å²) >= 11 is 0. The van der Waals surface area contributed by atoms with Crippen LogP contribution in [0.5, 0.6) is 0 Å². The molecule has 3 heteroatoms. The smallest absolute Gasteiger partial charge is 0.0592 e. The van der Waals surface area contributed by atoms with Gasteiger partial charge in [-0.15, -0.1) is 0 Å². The van der Waals surface area contributed by atoms with Crippen LogP contribution in [0.2, 0.25) is 0 Å². The van der Waals surface area contributed by atoms with Gasteiger partial charge in [0, 0.05) is 29.8 Å². The van der Waals surface area contributed by atoms with Crippen LogP contribution in [0.25, 0.3) is 0 Å². The van der Waals surface area contributed by atoms with E-state index in [1.165, 1.54) is 11.3 Å². The van der Waals surface area contributed by atoms with Crippen LogP contribution in [0.15, 0.2) is 30.5 Å². The second-order valence-corrected chi connectivity index (χ2v) is 4.19. The van der Waals surface area contributed by atoms with Crippen molar-refractivity contribution in [3.05, 3.63) is 41.7 Å². The molecule has 0 atom stereocenters. The number of H-pyrrole nitrogens is 1. The molecule has 0 saturated carbocycles. The van der Waals surface area contributed by atoms with Crippen LogP contribution in [0.3, 0.4) is 0 Å². The average Bonchev–Trinajstić information content (AvgIpc) is 2.88. The molecule has 3 rings (SSSR count). The number of fused-ring (bicyclic) bond motifs is 1. The lowest BCUT2D eigenvalue weighted by Gasteiger charge is -2.08. The maximum atomic E-state index is 3.41. The largest absolute Gasteiger partial charge is 0.384 e. The first-order valence-electron chi connectivity index (χ1n) is 5.61. The average molecular weight is 213 g/mol. The molecule has 1 aromatic carbocycles. The number of rotatable bonds is 2. The van der Waals surface area contributed by atoms with E-state index in [-0.39, 0.29) is 0 Å². The number of benzene rings is 1. The Morgan fingerprint density at radius 1 is 1.25 bits per heavy atom. The molecule has 3 nitrogen and oxygen atoms in total. The number of aromatic nitrogens is 1. The van der Waals surface area contributed by atoms with E-state index in [2.05, 4.69) is 46.8 Å². The minimum atomic E-state index is 1.06. The highest BCUT2D eigenvalue weighted by atomic mass is 14.9. The Balaban J connectivity index is 1.88. The molecule has 2 heterocycles. The van der Waals surface area contributed by atoms with Crippen LogP contribution >= 0.6 is 0 Å². The third-order valence-corrected chi connectivity index (χ3v) is 3.05. The Kier molecular flexibility index (Phi) is 2.10. The van der Waals surface area contributed by atoms with E-state index in [0.29, 0.717) is 0 Å². The first-order chi connectivity index (χ1) is 7.83. The van der Waals surface area contributed by atoms with E-state index in [1.807, 2.05) is 6.20 Å². The van der Waals surface area contributed by atoms with Gasteiger partial charge in [0.25, 0.3) is 0 Å². The number of anilines is 3. The summed E-state index contributed by atoms with van der Waals surface area (Å²) in [6.07, 6.45) is 3.09. The molecule has 0 aliphatic carbocycles. The van der Waals surface area contributed by atoms with Crippen LogP contribution in [0.4, 0.5) is 17.1 Å². The molecule has 0 saturated heterocycles. The van der Waals surface area contributed by atoms with Gasteiger partial charge < -0.3 is 15.6 Å². The number of aromatic amines is 1. The van der Waals surface area contributed by atoms with Gasteiger partial charge in [-0.25, -0.2) is 0 Å². The van der Waals surface area contributed by atoms with Crippen molar-refractivity contribution >= 4 is 17.1 Å². The fourth-order valence-electron chi connectivity index (χ4n) is 2.11. The fraction of sp³-hybridized carbons (Fsp3) is 0.231. The number of aryl methyl sites for hydroxylation is 1. The van der Waals surface area contributed by atoms with Crippen LogP contribution in [0, 0.1) is 6.92 Å². The lowest BCUT2D eigenvalue weighted by atomic mass is 10.1. The van der Waals surface area contributed by atoms with Crippen molar-refractivity contribution in [1.82, 2.24) is 4.98 Å². The maximum absolute atomic E-state index is 3.41. The molecule has 0 unspecified atom stereocenters. The first-order valence-corrected chi connectivity index (χ1v) is 5.61.